The van der Waals surface area contributed by atoms with Crippen LogP contribution >= 0.6 is 0 Å². The summed E-state index contributed by atoms with van der Waals surface area (Å²) < 4.78 is 11.9. The number of hydrogen-bond acceptors (Lipinski definition) is 2. The number of nitrogens with two attached hydrogens (primary N) is 1. The van der Waals surface area contributed by atoms with Gasteiger partial charge in [0.15, 0.2) is 0 Å². The molecule has 0 amide bonds. The van der Waals surface area contributed by atoms with Crippen molar-refractivity contribution < 1.29 is 4.21 Å². The number of benzene rings is 2. The van der Waals surface area contributed by atoms with Crippen LogP contribution in [-0.2, 0) is 10.8 Å². The van der Waals surface area contributed by atoms with Crippen molar-refractivity contribution in [2.75, 3.05) is 5.75 Å². The normalized spacial score (nSPS) is 15.4. The third-order valence-electron chi connectivity index (χ3n) is 3.22. The molecular formula is C16H21NOS. The number of hydrogen-bond donors (Lipinski definition) is 1. The first-order valence-corrected chi connectivity index (χ1v) is 7.82. The second kappa shape index (κ2) is 5.43. The number of rotatable bonds is 3. The quantitative estimate of drug-likeness (QED) is 0.933. The van der Waals surface area contributed by atoms with Gasteiger partial charge in [-0.15, -0.1) is 0 Å². The molecule has 0 bridgehead atoms. The molecule has 102 valence electrons. The molecular weight excluding hydrogens is 254 g/mol. The van der Waals surface area contributed by atoms with E-state index in [1.54, 1.807) is 0 Å². The lowest BCUT2D eigenvalue weighted by Gasteiger charge is -2.21. The van der Waals surface area contributed by atoms with Gasteiger partial charge in [-0.2, -0.15) is 0 Å². The average molecular weight is 275 g/mol. The summed E-state index contributed by atoms with van der Waals surface area (Å²) in [5.74, 6) is 0.502. The molecule has 3 heteroatoms. The molecule has 2 aromatic carbocycles. The minimum Gasteiger partial charge on any atom is -0.323 e. The first kappa shape index (κ1) is 14.2. The lowest BCUT2D eigenvalue weighted by molar-refractivity contribution is 0.640. The second-order valence-corrected chi connectivity index (χ2v) is 8.09. The van der Waals surface area contributed by atoms with E-state index in [9.17, 15) is 4.21 Å². The Morgan fingerprint density at radius 1 is 1.11 bits per heavy atom. The minimum absolute atomic E-state index is 0.176. The highest BCUT2D eigenvalue weighted by Gasteiger charge is 2.22. The highest BCUT2D eigenvalue weighted by atomic mass is 32.2. The van der Waals surface area contributed by atoms with Gasteiger partial charge in [0.25, 0.3) is 0 Å². The zero-order valence-corrected chi connectivity index (χ0v) is 12.5. The maximum absolute atomic E-state index is 12.1. The van der Waals surface area contributed by atoms with Crippen LogP contribution in [0.15, 0.2) is 42.5 Å². The van der Waals surface area contributed by atoms with Crippen LogP contribution in [0.4, 0.5) is 0 Å². The first-order valence-electron chi connectivity index (χ1n) is 6.51. The van der Waals surface area contributed by atoms with Crippen LogP contribution in [0.2, 0.25) is 0 Å². The Balaban J connectivity index is 2.22. The van der Waals surface area contributed by atoms with Crippen molar-refractivity contribution in [3.63, 3.8) is 0 Å². The highest BCUT2D eigenvalue weighted by Crippen LogP contribution is 2.22. The fourth-order valence-corrected chi connectivity index (χ4v) is 2.97. The van der Waals surface area contributed by atoms with Crippen LogP contribution in [0.1, 0.15) is 32.4 Å². The summed E-state index contributed by atoms with van der Waals surface area (Å²) in [7, 11) is -0.927. The van der Waals surface area contributed by atoms with Crippen molar-refractivity contribution in [2.24, 2.45) is 5.73 Å². The van der Waals surface area contributed by atoms with Crippen molar-refractivity contribution in [2.45, 2.75) is 31.6 Å². The van der Waals surface area contributed by atoms with Gasteiger partial charge in [-0.1, -0.05) is 36.4 Å². The molecule has 2 atom stereocenters. The molecule has 0 aromatic heterocycles. The molecule has 0 aliphatic rings. The lowest BCUT2D eigenvalue weighted by Crippen LogP contribution is -2.29. The first-order chi connectivity index (χ1) is 8.88. The molecule has 0 heterocycles. The molecule has 19 heavy (non-hydrogen) atoms. The van der Waals surface area contributed by atoms with Crippen molar-refractivity contribution in [3.05, 3.63) is 48.0 Å². The lowest BCUT2D eigenvalue weighted by atomic mass is 10.0. The Kier molecular flexibility index (Phi) is 4.07. The predicted octanol–water partition coefficient (Wildman–Crippen LogP) is 3.39. The smallest absolute Gasteiger partial charge is 0.0433 e. The van der Waals surface area contributed by atoms with Crippen LogP contribution in [0.5, 0.6) is 0 Å². The topological polar surface area (TPSA) is 43.1 Å². The summed E-state index contributed by atoms with van der Waals surface area (Å²) in [4.78, 5) is 0. The van der Waals surface area contributed by atoms with Gasteiger partial charge in [-0.3, -0.25) is 4.21 Å². The molecule has 0 aliphatic heterocycles. The van der Waals surface area contributed by atoms with E-state index in [4.69, 9.17) is 5.73 Å². The van der Waals surface area contributed by atoms with Gasteiger partial charge >= 0.3 is 0 Å². The minimum atomic E-state index is -0.927. The molecule has 2 nitrogen and oxygen atoms in total. The van der Waals surface area contributed by atoms with Gasteiger partial charge in [0, 0.05) is 27.3 Å². The van der Waals surface area contributed by atoms with E-state index in [1.807, 2.05) is 39.0 Å². The van der Waals surface area contributed by atoms with E-state index in [2.05, 4.69) is 24.3 Å². The molecule has 0 aliphatic carbocycles. The van der Waals surface area contributed by atoms with Gasteiger partial charge < -0.3 is 5.73 Å². The maximum atomic E-state index is 12.1. The van der Waals surface area contributed by atoms with E-state index >= 15 is 0 Å². The second-order valence-electron chi connectivity index (χ2n) is 5.84. The van der Waals surface area contributed by atoms with Crippen molar-refractivity contribution in [1.29, 1.82) is 0 Å². The van der Waals surface area contributed by atoms with Crippen LogP contribution < -0.4 is 5.73 Å². The summed E-state index contributed by atoms with van der Waals surface area (Å²) in [5.41, 5.74) is 7.24. The van der Waals surface area contributed by atoms with E-state index in [0.717, 1.165) is 5.56 Å². The van der Waals surface area contributed by atoms with Crippen molar-refractivity contribution in [3.8, 4) is 0 Å². The van der Waals surface area contributed by atoms with E-state index in [0.29, 0.717) is 5.75 Å². The van der Waals surface area contributed by atoms with Gasteiger partial charge in [0.2, 0.25) is 0 Å². The molecule has 0 radical (unpaired) electrons. The largest absolute Gasteiger partial charge is 0.323 e. The monoisotopic (exact) mass is 275 g/mol. The Bertz CT molecular complexity index is 601. The van der Waals surface area contributed by atoms with Crippen molar-refractivity contribution >= 4 is 21.6 Å². The summed E-state index contributed by atoms with van der Waals surface area (Å²) in [6.07, 6.45) is 0. The SMILES string of the molecule is CC(C)(C)S(=O)CC(N)c1ccc2ccccc2c1. The van der Waals surface area contributed by atoms with Gasteiger partial charge in [0.1, 0.15) is 0 Å². The Hall–Kier alpha value is -1.19. The predicted molar refractivity (Wildman–Crippen MR) is 83.6 cm³/mol. The van der Waals surface area contributed by atoms with Crippen LogP contribution in [-0.4, -0.2) is 14.7 Å². The third-order valence-corrected chi connectivity index (χ3v) is 5.24. The zero-order valence-electron chi connectivity index (χ0n) is 11.7. The molecule has 2 unspecified atom stereocenters. The third kappa shape index (κ3) is 3.43. The van der Waals surface area contributed by atoms with E-state index in [-0.39, 0.29) is 10.8 Å². The Morgan fingerprint density at radius 2 is 1.74 bits per heavy atom. The van der Waals surface area contributed by atoms with Crippen LogP contribution in [0.3, 0.4) is 0 Å². The fourth-order valence-electron chi connectivity index (χ4n) is 1.95. The maximum Gasteiger partial charge on any atom is 0.0433 e. The van der Waals surface area contributed by atoms with Crippen LogP contribution in [0, 0.1) is 0 Å². The zero-order chi connectivity index (χ0) is 14.0. The molecule has 2 aromatic rings. The van der Waals surface area contributed by atoms with Crippen LogP contribution in [0.25, 0.3) is 10.8 Å². The standard InChI is InChI=1S/C16H21NOS/c1-16(2,3)19(18)11-15(17)14-9-8-12-6-4-5-7-13(12)10-14/h4-10,15H,11,17H2,1-3H3. The molecule has 0 fully saturated rings. The fraction of sp³-hybridized carbons (Fsp3) is 0.375. The number of fused-ring (bicyclic) bond motifs is 1. The molecule has 0 saturated heterocycles. The summed E-state index contributed by atoms with van der Waals surface area (Å²) >= 11 is 0. The Labute approximate surface area is 117 Å². The van der Waals surface area contributed by atoms with Gasteiger partial charge in [-0.05, 0) is 43.2 Å². The van der Waals surface area contributed by atoms with Gasteiger partial charge in [-0.25, -0.2) is 0 Å². The summed E-state index contributed by atoms with van der Waals surface area (Å²) in [5, 5.41) is 2.38. The van der Waals surface area contributed by atoms with E-state index < -0.39 is 10.8 Å². The van der Waals surface area contributed by atoms with Crippen molar-refractivity contribution in [1.82, 2.24) is 0 Å². The summed E-state index contributed by atoms with van der Waals surface area (Å²) in [6, 6.07) is 14.2. The van der Waals surface area contributed by atoms with E-state index in [1.165, 1.54) is 10.8 Å². The Morgan fingerprint density at radius 3 is 2.37 bits per heavy atom. The molecule has 0 saturated carbocycles. The summed E-state index contributed by atoms with van der Waals surface area (Å²) in [6.45, 7) is 5.95. The van der Waals surface area contributed by atoms with Gasteiger partial charge in [0.05, 0.1) is 0 Å². The highest BCUT2D eigenvalue weighted by molar-refractivity contribution is 7.86. The molecule has 2 rings (SSSR count). The molecule has 2 N–H and O–H groups in total. The average Bonchev–Trinajstić information content (AvgIpc) is 2.37. The molecule has 0 spiro atoms.